The predicted molar refractivity (Wildman–Crippen MR) is 95.1 cm³/mol. The molecule has 0 atom stereocenters. The van der Waals surface area contributed by atoms with Crippen molar-refractivity contribution >= 4 is 27.3 Å². The summed E-state index contributed by atoms with van der Waals surface area (Å²) in [4.78, 5) is 15.3. The van der Waals surface area contributed by atoms with E-state index in [0.717, 1.165) is 5.69 Å². The number of hydrogen-bond acceptors (Lipinski definition) is 6. The van der Waals surface area contributed by atoms with Gasteiger partial charge in [0.25, 0.3) is 10.0 Å². The van der Waals surface area contributed by atoms with E-state index in [-0.39, 0.29) is 16.8 Å². The summed E-state index contributed by atoms with van der Waals surface area (Å²) in [6, 6.07) is 11.3. The van der Waals surface area contributed by atoms with Gasteiger partial charge >= 0.3 is 0 Å². The van der Waals surface area contributed by atoms with E-state index in [2.05, 4.69) is 9.62 Å². The number of benzene rings is 1. The SMILES string of the molecule is CC(=O)N1CCN(c2cccc(NS(=O)(=O)c3ccc(C#N)o3)c2)CC1. The molecule has 1 aliphatic heterocycles. The van der Waals surface area contributed by atoms with Crippen molar-refractivity contribution < 1.29 is 17.6 Å². The molecule has 0 aliphatic carbocycles. The summed E-state index contributed by atoms with van der Waals surface area (Å²) in [5.74, 6) is -0.0104. The number of carbonyl (C=O) groups excluding carboxylic acids is 1. The Labute approximate surface area is 151 Å². The molecule has 1 aromatic heterocycles. The summed E-state index contributed by atoms with van der Waals surface area (Å²) in [7, 11) is -3.91. The van der Waals surface area contributed by atoms with Crippen molar-refractivity contribution in [2.75, 3.05) is 35.8 Å². The van der Waals surface area contributed by atoms with E-state index in [1.54, 1.807) is 36.1 Å². The van der Waals surface area contributed by atoms with Crippen LogP contribution in [0, 0.1) is 11.3 Å². The maximum absolute atomic E-state index is 12.4. The molecule has 1 aliphatic rings. The first-order chi connectivity index (χ1) is 12.4. The van der Waals surface area contributed by atoms with E-state index in [9.17, 15) is 13.2 Å². The van der Waals surface area contributed by atoms with Crippen LogP contribution >= 0.6 is 0 Å². The second kappa shape index (κ2) is 7.09. The summed E-state index contributed by atoms with van der Waals surface area (Å²) < 4.78 is 32.2. The van der Waals surface area contributed by atoms with Gasteiger partial charge in [0.05, 0.1) is 5.69 Å². The van der Waals surface area contributed by atoms with E-state index in [4.69, 9.17) is 9.68 Å². The largest absolute Gasteiger partial charge is 0.432 e. The molecule has 0 radical (unpaired) electrons. The normalized spacial score (nSPS) is 14.8. The van der Waals surface area contributed by atoms with Gasteiger partial charge in [-0.1, -0.05) is 6.07 Å². The molecule has 26 heavy (non-hydrogen) atoms. The highest BCUT2D eigenvalue weighted by molar-refractivity contribution is 7.92. The minimum atomic E-state index is -3.91. The quantitative estimate of drug-likeness (QED) is 0.871. The van der Waals surface area contributed by atoms with E-state index in [1.807, 2.05) is 6.07 Å². The molecule has 8 nitrogen and oxygen atoms in total. The van der Waals surface area contributed by atoms with Crippen LogP contribution in [0.2, 0.25) is 0 Å². The van der Waals surface area contributed by atoms with Crippen LogP contribution in [0.1, 0.15) is 12.7 Å². The van der Waals surface area contributed by atoms with Crippen LogP contribution in [0.5, 0.6) is 0 Å². The van der Waals surface area contributed by atoms with Gasteiger partial charge in [-0.3, -0.25) is 9.52 Å². The molecule has 1 aromatic carbocycles. The molecule has 136 valence electrons. The van der Waals surface area contributed by atoms with E-state index in [0.29, 0.717) is 31.9 Å². The topological polar surface area (TPSA) is 107 Å². The number of furan rings is 1. The fourth-order valence-electron chi connectivity index (χ4n) is 2.78. The first kappa shape index (κ1) is 17.8. The number of anilines is 2. The van der Waals surface area contributed by atoms with Gasteiger partial charge in [-0.25, -0.2) is 0 Å². The fraction of sp³-hybridized carbons (Fsp3) is 0.294. The van der Waals surface area contributed by atoms with E-state index < -0.39 is 10.0 Å². The molecule has 2 heterocycles. The summed E-state index contributed by atoms with van der Waals surface area (Å²) in [5.41, 5.74) is 1.26. The van der Waals surface area contributed by atoms with Gasteiger partial charge in [0.2, 0.25) is 16.8 Å². The van der Waals surface area contributed by atoms with Crippen LogP contribution in [0.25, 0.3) is 0 Å². The lowest BCUT2D eigenvalue weighted by Crippen LogP contribution is -2.48. The van der Waals surface area contributed by atoms with Gasteiger partial charge in [0.1, 0.15) is 6.07 Å². The fourth-order valence-corrected chi connectivity index (χ4v) is 3.76. The highest BCUT2D eigenvalue weighted by Gasteiger charge is 2.21. The standard InChI is InChI=1S/C17H18N4O4S/c1-13(22)20-7-9-21(10-8-20)15-4-2-3-14(11-15)19-26(23,24)17-6-5-16(12-18)25-17/h2-6,11,19H,7-10H2,1H3. The molecule has 2 aromatic rings. The van der Waals surface area contributed by atoms with Gasteiger partial charge < -0.3 is 14.2 Å². The lowest BCUT2D eigenvalue weighted by atomic mass is 10.2. The van der Waals surface area contributed by atoms with Gasteiger partial charge in [-0.05, 0) is 30.3 Å². The maximum Gasteiger partial charge on any atom is 0.295 e. The minimum Gasteiger partial charge on any atom is -0.432 e. The Morgan fingerprint density at radius 1 is 1.19 bits per heavy atom. The Hall–Kier alpha value is -2.99. The lowest BCUT2D eigenvalue weighted by molar-refractivity contribution is -0.129. The van der Waals surface area contributed by atoms with Crippen molar-refractivity contribution in [2.45, 2.75) is 12.0 Å². The highest BCUT2D eigenvalue weighted by Crippen LogP contribution is 2.24. The first-order valence-corrected chi connectivity index (χ1v) is 9.50. The molecule has 3 rings (SSSR count). The Bertz CT molecular complexity index is 953. The van der Waals surface area contributed by atoms with Crippen LogP contribution in [-0.2, 0) is 14.8 Å². The molecular weight excluding hydrogens is 356 g/mol. The van der Waals surface area contributed by atoms with Crippen LogP contribution in [0.4, 0.5) is 11.4 Å². The van der Waals surface area contributed by atoms with Crippen LogP contribution in [0.3, 0.4) is 0 Å². The molecule has 1 fully saturated rings. The highest BCUT2D eigenvalue weighted by atomic mass is 32.2. The van der Waals surface area contributed by atoms with Gasteiger partial charge in [0.15, 0.2) is 0 Å². The third kappa shape index (κ3) is 3.81. The number of carbonyl (C=O) groups is 1. The molecule has 1 saturated heterocycles. The monoisotopic (exact) mass is 374 g/mol. The summed E-state index contributed by atoms with van der Waals surface area (Å²) >= 11 is 0. The maximum atomic E-state index is 12.4. The molecule has 0 bridgehead atoms. The summed E-state index contributed by atoms with van der Waals surface area (Å²) in [6.45, 7) is 4.18. The number of nitriles is 1. The zero-order valence-electron chi connectivity index (χ0n) is 14.2. The van der Waals surface area contributed by atoms with Crippen molar-refractivity contribution in [3.05, 3.63) is 42.2 Å². The zero-order valence-corrected chi connectivity index (χ0v) is 15.0. The smallest absolute Gasteiger partial charge is 0.295 e. The van der Waals surface area contributed by atoms with E-state index in [1.165, 1.54) is 12.1 Å². The average molecular weight is 374 g/mol. The molecule has 0 spiro atoms. The van der Waals surface area contributed by atoms with Crippen molar-refractivity contribution in [2.24, 2.45) is 0 Å². The Kier molecular flexibility index (Phi) is 4.86. The number of hydrogen-bond donors (Lipinski definition) is 1. The molecule has 0 saturated carbocycles. The van der Waals surface area contributed by atoms with Crippen LogP contribution in [0.15, 0.2) is 45.9 Å². The van der Waals surface area contributed by atoms with Crippen molar-refractivity contribution in [1.82, 2.24) is 4.90 Å². The molecule has 1 N–H and O–H groups in total. The third-order valence-electron chi connectivity index (χ3n) is 4.14. The van der Waals surface area contributed by atoms with Crippen molar-refractivity contribution in [3.63, 3.8) is 0 Å². The summed E-state index contributed by atoms with van der Waals surface area (Å²) in [6.07, 6.45) is 0. The van der Waals surface area contributed by atoms with Crippen LogP contribution in [-0.4, -0.2) is 45.4 Å². The molecule has 9 heteroatoms. The number of sulfonamides is 1. The number of nitrogens with one attached hydrogen (secondary N) is 1. The Balaban J connectivity index is 1.74. The number of piperazine rings is 1. The second-order valence-electron chi connectivity index (χ2n) is 5.88. The molecule has 1 amide bonds. The Morgan fingerprint density at radius 3 is 2.54 bits per heavy atom. The molecular formula is C17H18N4O4S. The minimum absolute atomic E-state index is 0.0568. The third-order valence-corrected chi connectivity index (χ3v) is 5.40. The predicted octanol–water partition coefficient (Wildman–Crippen LogP) is 1.62. The van der Waals surface area contributed by atoms with Gasteiger partial charge in [-0.15, -0.1) is 0 Å². The summed E-state index contributed by atoms with van der Waals surface area (Å²) in [5, 5.41) is 8.44. The second-order valence-corrected chi connectivity index (χ2v) is 7.49. The van der Waals surface area contributed by atoms with Crippen LogP contribution < -0.4 is 9.62 Å². The lowest BCUT2D eigenvalue weighted by Gasteiger charge is -2.35. The van der Waals surface area contributed by atoms with Gasteiger partial charge in [0, 0.05) is 38.8 Å². The first-order valence-electron chi connectivity index (χ1n) is 8.02. The number of amides is 1. The average Bonchev–Trinajstić information content (AvgIpc) is 3.12. The van der Waals surface area contributed by atoms with Gasteiger partial charge in [-0.2, -0.15) is 13.7 Å². The van der Waals surface area contributed by atoms with Crippen molar-refractivity contribution in [3.8, 4) is 6.07 Å². The zero-order chi connectivity index (χ0) is 18.7. The number of nitrogens with zero attached hydrogens (tertiary/aromatic N) is 3. The number of rotatable bonds is 4. The molecule has 0 unspecified atom stereocenters. The van der Waals surface area contributed by atoms with E-state index >= 15 is 0 Å². The van der Waals surface area contributed by atoms with Crippen molar-refractivity contribution in [1.29, 1.82) is 5.26 Å². The Morgan fingerprint density at radius 2 is 1.92 bits per heavy atom.